The lowest BCUT2D eigenvalue weighted by molar-refractivity contribution is 1.70. The summed E-state index contributed by atoms with van der Waals surface area (Å²) < 4.78 is 0. The first-order valence-electron chi connectivity index (χ1n) is 17.1. The second kappa shape index (κ2) is 6.74. The van der Waals surface area contributed by atoms with E-state index in [9.17, 15) is 0 Å². The van der Waals surface area contributed by atoms with Crippen LogP contribution < -0.4 is 0 Å². The number of hydrogen-bond acceptors (Lipinski definition) is 0. The summed E-state index contributed by atoms with van der Waals surface area (Å²) in [6.07, 6.45) is 0. The van der Waals surface area contributed by atoms with Crippen LogP contribution in [0.3, 0.4) is 0 Å². The second-order valence-corrected chi connectivity index (χ2v) is 14.6. The molecule has 0 saturated carbocycles. The van der Waals surface area contributed by atoms with Crippen LogP contribution in [0.15, 0.2) is 121 Å². The Labute approximate surface area is 272 Å². The quantitative estimate of drug-likeness (QED) is 0.121. The van der Waals surface area contributed by atoms with Gasteiger partial charge in [-0.2, -0.15) is 0 Å². The van der Waals surface area contributed by atoms with Gasteiger partial charge < -0.3 is 0 Å². The van der Waals surface area contributed by atoms with Gasteiger partial charge in [0.1, 0.15) is 0 Å². The highest BCUT2D eigenvalue weighted by Gasteiger charge is 2.32. The Morgan fingerprint density at radius 2 is 0.542 bits per heavy atom. The van der Waals surface area contributed by atoms with Crippen molar-refractivity contribution in [2.75, 3.05) is 0 Å². The predicted octanol–water partition coefficient (Wildman–Crippen LogP) is 13.7. The summed E-state index contributed by atoms with van der Waals surface area (Å²) in [6.45, 7) is 0. The minimum atomic E-state index is 1.35. The van der Waals surface area contributed by atoms with Crippen LogP contribution in [-0.2, 0) is 0 Å². The Morgan fingerprint density at radius 3 is 0.979 bits per heavy atom. The van der Waals surface area contributed by atoms with Crippen molar-refractivity contribution in [2.45, 2.75) is 0 Å². The van der Waals surface area contributed by atoms with Crippen molar-refractivity contribution in [3.05, 3.63) is 121 Å². The lowest BCUT2D eigenvalue weighted by atomic mass is 9.76. The highest BCUT2D eigenvalue weighted by Crippen LogP contribution is 2.60. The Kier molecular flexibility index (Phi) is 3.13. The molecule has 0 aliphatic heterocycles. The topological polar surface area (TPSA) is 0 Å². The van der Waals surface area contributed by atoms with E-state index < -0.39 is 0 Å². The molecule has 0 heterocycles. The Hall–Kier alpha value is -6.24. The molecular weight excluding hydrogens is 577 g/mol. The molecule has 0 atom stereocenters. The van der Waals surface area contributed by atoms with E-state index >= 15 is 0 Å². The molecule has 0 unspecified atom stereocenters. The zero-order valence-electron chi connectivity index (χ0n) is 25.5. The van der Waals surface area contributed by atoms with Crippen LogP contribution in [0.25, 0.3) is 152 Å². The molecule has 212 valence electrons. The van der Waals surface area contributed by atoms with E-state index in [2.05, 4.69) is 121 Å². The maximum Gasteiger partial charge on any atom is -0.000114 e. The number of fused-ring (bicyclic) bond motifs is 8. The molecular formula is C48H20. The number of hydrogen-bond donors (Lipinski definition) is 0. The Balaban J connectivity index is 1.30. The van der Waals surface area contributed by atoms with Gasteiger partial charge in [0.2, 0.25) is 0 Å². The lowest BCUT2D eigenvalue weighted by Crippen LogP contribution is -1.97. The first-order chi connectivity index (χ1) is 23.8. The van der Waals surface area contributed by atoms with Gasteiger partial charge in [0, 0.05) is 0 Å². The van der Waals surface area contributed by atoms with Crippen LogP contribution in [0.2, 0.25) is 0 Å². The van der Waals surface area contributed by atoms with Crippen LogP contribution in [-0.4, -0.2) is 0 Å². The molecule has 0 radical (unpaired) electrons. The summed E-state index contributed by atoms with van der Waals surface area (Å²) in [6, 6.07) is 47.4. The summed E-state index contributed by atoms with van der Waals surface area (Å²) >= 11 is 0. The Morgan fingerprint density at radius 1 is 0.188 bits per heavy atom. The largest absolute Gasteiger partial charge is 0.0616 e. The van der Waals surface area contributed by atoms with Crippen molar-refractivity contribution in [2.24, 2.45) is 0 Å². The fourth-order valence-electron chi connectivity index (χ4n) is 11.2. The Bertz CT molecular complexity index is 3410. The van der Waals surface area contributed by atoms with E-state index in [1.165, 1.54) is 152 Å². The fraction of sp³-hybridized carbons (Fsp3) is 0. The summed E-state index contributed by atoms with van der Waals surface area (Å²) in [4.78, 5) is 0. The molecule has 0 bridgehead atoms. The molecule has 0 saturated heterocycles. The van der Waals surface area contributed by atoms with Gasteiger partial charge in [0.05, 0.1) is 0 Å². The molecule has 0 aromatic heterocycles. The van der Waals surface area contributed by atoms with Crippen LogP contribution in [0, 0.1) is 0 Å². The molecule has 0 amide bonds. The highest BCUT2D eigenvalue weighted by molar-refractivity contribution is 6.55. The molecule has 0 spiro atoms. The zero-order valence-corrected chi connectivity index (χ0v) is 25.5. The number of rotatable bonds is 0. The van der Waals surface area contributed by atoms with Gasteiger partial charge in [-0.25, -0.2) is 0 Å². The molecule has 15 rings (SSSR count). The van der Waals surface area contributed by atoms with Crippen LogP contribution in [0.5, 0.6) is 0 Å². The molecule has 2 aliphatic carbocycles. The third-order valence-electron chi connectivity index (χ3n) is 12.8. The van der Waals surface area contributed by atoms with E-state index in [1.54, 1.807) is 0 Å². The maximum atomic E-state index is 2.50. The lowest BCUT2D eigenvalue weighted by Gasteiger charge is -2.26. The molecule has 0 fully saturated rings. The van der Waals surface area contributed by atoms with Gasteiger partial charge in [-0.3, -0.25) is 0 Å². The van der Waals surface area contributed by atoms with Gasteiger partial charge in [-0.15, -0.1) is 0 Å². The van der Waals surface area contributed by atoms with Crippen molar-refractivity contribution in [3.8, 4) is 44.5 Å². The second-order valence-electron chi connectivity index (χ2n) is 14.6. The van der Waals surface area contributed by atoms with Gasteiger partial charge in [0.25, 0.3) is 0 Å². The minimum Gasteiger partial charge on any atom is -0.0616 e. The molecule has 13 aromatic rings. The average molecular weight is 597 g/mol. The van der Waals surface area contributed by atoms with E-state index in [4.69, 9.17) is 0 Å². The van der Waals surface area contributed by atoms with Crippen molar-refractivity contribution in [1.29, 1.82) is 0 Å². The molecule has 0 heteroatoms. The summed E-state index contributed by atoms with van der Waals surface area (Å²) in [5, 5.41) is 28.3. The first-order valence-corrected chi connectivity index (χ1v) is 17.1. The molecule has 48 heavy (non-hydrogen) atoms. The summed E-state index contributed by atoms with van der Waals surface area (Å²) in [7, 11) is 0. The maximum absolute atomic E-state index is 2.50. The third-order valence-corrected chi connectivity index (χ3v) is 12.8. The normalized spacial score (nSPS) is 13.8. The monoisotopic (exact) mass is 596 g/mol. The van der Waals surface area contributed by atoms with E-state index in [-0.39, 0.29) is 0 Å². The van der Waals surface area contributed by atoms with Gasteiger partial charge in [-0.05, 0) is 176 Å². The van der Waals surface area contributed by atoms with Gasteiger partial charge in [0.15, 0.2) is 0 Å². The van der Waals surface area contributed by atoms with Gasteiger partial charge >= 0.3 is 0 Å². The molecule has 0 nitrogen and oxygen atoms in total. The van der Waals surface area contributed by atoms with Crippen LogP contribution >= 0.6 is 0 Å². The zero-order chi connectivity index (χ0) is 30.3. The minimum absolute atomic E-state index is 1.35. The standard InChI is InChI=1S/C48H20/c1-3-7-27-25(5-1)29-11-13-31-33-15-16-34-32-14-12-30-26-6-2-4-8-28(26)36-20-24-18-22-10-9-21-17-23-19-35(27)41(29)43(31)39(23)47-37(21)38(22)48(46(34)45(33)47)40(24)44(32)42(30)36/h1-20H. The molecule has 2 aliphatic rings. The average Bonchev–Trinajstić information content (AvgIpc) is 3.64. The third kappa shape index (κ3) is 2.02. The summed E-state index contributed by atoms with van der Waals surface area (Å²) in [5.41, 5.74) is 11.0. The van der Waals surface area contributed by atoms with Crippen LogP contribution in [0.4, 0.5) is 0 Å². The molecule has 0 N–H and O–H groups in total. The smallest absolute Gasteiger partial charge is 0.000114 e. The molecule has 13 aromatic carbocycles. The number of benzene rings is 13. The van der Waals surface area contributed by atoms with Crippen molar-refractivity contribution in [1.82, 2.24) is 0 Å². The van der Waals surface area contributed by atoms with Gasteiger partial charge in [-0.1, -0.05) is 97.1 Å². The SMILES string of the molecule is c1ccc2c(c1)-c1ccc3c4ccc5c6ccc7c8c(cc9cc%10ccc%11cc%12cc-2c1c3c%12c1c%11c%10c(c9c86)c5c41)-c1ccccc1-7. The highest BCUT2D eigenvalue weighted by atomic mass is 14.3. The van der Waals surface area contributed by atoms with E-state index in [0.29, 0.717) is 0 Å². The summed E-state index contributed by atoms with van der Waals surface area (Å²) in [5.74, 6) is 0. The van der Waals surface area contributed by atoms with Crippen molar-refractivity contribution < 1.29 is 0 Å². The van der Waals surface area contributed by atoms with Crippen molar-refractivity contribution >= 4 is 108 Å². The van der Waals surface area contributed by atoms with E-state index in [1.807, 2.05) is 0 Å². The van der Waals surface area contributed by atoms with E-state index in [0.717, 1.165) is 0 Å². The van der Waals surface area contributed by atoms with Crippen LogP contribution in [0.1, 0.15) is 0 Å². The predicted molar refractivity (Wildman–Crippen MR) is 206 cm³/mol. The van der Waals surface area contributed by atoms with Crippen molar-refractivity contribution in [3.63, 3.8) is 0 Å². The fourth-order valence-corrected chi connectivity index (χ4v) is 11.2. The first kappa shape index (κ1) is 22.3.